The highest BCUT2D eigenvalue weighted by Gasteiger charge is 2.31. The maximum absolute atomic E-state index is 14.9. The second-order valence-electron chi connectivity index (χ2n) is 10.4. The van der Waals surface area contributed by atoms with E-state index in [1.807, 2.05) is 11.9 Å². The number of hydrogen-bond donors (Lipinski definition) is 3. The van der Waals surface area contributed by atoms with E-state index in [9.17, 15) is 22.4 Å². The molecule has 41 heavy (non-hydrogen) atoms. The summed E-state index contributed by atoms with van der Waals surface area (Å²) < 4.78 is 62.7. The summed E-state index contributed by atoms with van der Waals surface area (Å²) in [5.74, 6) is 6.06. The second kappa shape index (κ2) is 12.6. The first kappa shape index (κ1) is 29.0. The van der Waals surface area contributed by atoms with Crippen LogP contribution in [0.15, 0.2) is 36.4 Å². The molecule has 1 aliphatic carbocycles. The number of benzene rings is 2. The van der Waals surface area contributed by atoms with Gasteiger partial charge in [-0.1, -0.05) is 24.0 Å². The van der Waals surface area contributed by atoms with Gasteiger partial charge in [-0.25, -0.2) is 17.6 Å². The van der Waals surface area contributed by atoms with Gasteiger partial charge < -0.3 is 25.6 Å². The maximum atomic E-state index is 14.9. The molecule has 2 aliphatic rings. The lowest BCUT2D eigenvalue weighted by molar-refractivity contribution is 0.0504. The Morgan fingerprint density at radius 2 is 1.98 bits per heavy atom. The number of thiophene rings is 1. The molecule has 1 saturated carbocycles. The van der Waals surface area contributed by atoms with E-state index in [1.54, 1.807) is 36.4 Å². The number of amides is 1. The molecule has 1 saturated heterocycles. The van der Waals surface area contributed by atoms with E-state index in [4.69, 9.17) is 4.74 Å². The molecular formula is C30H32F4N4O2S. The van der Waals surface area contributed by atoms with E-state index >= 15 is 0 Å². The Bertz CT molecular complexity index is 1470. The third kappa shape index (κ3) is 6.71. The Morgan fingerprint density at radius 1 is 1.17 bits per heavy atom. The number of methoxy groups -OCH3 is 1. The van der Waals surface area contributed by atoms with Crippen molar-refractivity contribution in [3.05, 3.63) is 52.4 Å². The van der Waals surface area contributed by atoms with Crippen LogP contribution in [-0.2, 0) is 0 Å². The number of fused-ring (bicyclic) bond motifs is 1. The van der Waals surface area contributed by atoms with E-state index in [-0.39, 0.29) is 28.9 Å². The fourth-order valence-electron chi connectivity index (χ4n) is 4.90. The zero-order valence-corrected chi connectivity index (χ0v) is 23.6. The molecule has 2 fully saturated rings. The molecule has 6 nitrogen and oxygen atoms in total. The van der Waals surface area contributed by atoms with Crippen LogP contribution < -0.4 is 20.7 Å². The summed E-state index contributed by atoms with van der Waals surface area (Å²) in [4.78, 5) is 14.5. The molecule has 3 N–H and O–H groups in total. The van der Waals surface area contributed by atoms with Gasteiger partial charge in [0, 0.05) is 35.6 Å². The van der Waals surface area contributed by atoms with Gasteiger partial charge >= 0.3 is 0 Å². The maximum Gasteiger partial charge on any atom is 0.273 e. The zero-order chi connectivity index (χ0) is 29.1. The smallest absolute Gasteiger partial charge is 0.273 e. The Hall–Kier alpha value is -3.49. The number of carbonyl (C=O) groups is 1. The van der Waals surface area contributed by atoms with Crippen molar-refractivity contribution in [1.29, 1.82) is 0 Å². The van der Waals surface area contributed by atoms with Crippen molar-refractivity contribution < 1.29 is 27.1 Å². The summed E-state index contributed by atoms with van der Waals surface area (Å²) in [5.41, 5.74) is 1.50. The largest absolute Gasteiger partial charge is 0.495 e. The fraction of sp³-hybridized carbons (Fsp3) is 0.433. The second-order valence-corrected chi connectivity index (χ2v) is 11.4. The SMILES string of the molecule is COc1cc(C(=O)NC2CC2)ccc1NCC#Cc1sc2c(NC3CCN(C)CC3F)cccc2c1C(F)C(F)F. The van der Waals surface area contributed by atoms with Crippen LogP contribution in [0.5, 0.6) is 5.75 Å². The summed E-state index contributed by atoms with van der Waals surface area (Å²) >= 11 is 1.12. The monoisotopic (exact) mass is 588 g/mol. The van der Waals surface area contributed by atoms with Crippen molar-refractivity contribution in [3.8, 4) is 17.6 Å². The molecule has 3 unspecified atom stereocenters. The normalized spacial score (nSPS) is 19.9. The Morgan fingerprint density at radius 3 is 2.68 bits per heavy atom. The lowest BCUT2D eigenvalue weighted by atomic mass is 10.0. The fourth-order valence-corrected chi connectivity index (χ4v) is 6.09. The Balaban J connectivity index is 1.36. The predicted octanol–water partition coefficient (Wildman–Crippen LogP) is 6.00. The van der Waals surface area contributed by atoms with Crippen LogP contribution in [-0.4, -0.2) is 69.3 Å². The molecule has 3 aromatic rings. The zero-order valence-electron chi connectivity index (χ0n) is 22.8. The minimum atomic E-state index is -3.22. The average Bonchev–Trinajstić information content (AvgIpc) is 3.69. The summed E-state index contributed by atoms with van der Waals surface area (Å²) in [7, 11) is 3.35. The molecule has 1 amide bonds. The standard InChI is InChI=1S/C30H32F4N4O2S/c1-38-14-12-21(20(31)16-38)37-23-6-3-5-19-26(27(32)29(33)34)25(41-28(19)23)7-4-13-35-22-11-8-17(15-24(22)40-2)30(39)36-18-9-10-18/h3,5-6,8,11,15,18,20-21,27,29,35,37H,9-10,12-14,16H2,1-2H3,(H,36,39). The molecule has 2 aromatic carbocycles. The van der Waals surface area contributed by atoms with Crippen LogP contribution in [0.4, 0.5) is 28.9 Å². The van der Waals surface area contributed by atoms with Crippen LogP contribution in [0.1, 0.15) is 46.2 Å². The van der Waals surface area contributed by atoms with Crippen molar-refractivity contribution >= 4 is 38.7 Å². The van der Waals surface area contributed by atoms with Crippen LogP contribution >= 0.6 is 11.3 Å². The van der Waals surface area contributed by atoms with Gasteiger partial charge in [-0.15, -0.1) is 11.3 Å². The number of halogens is 4. The Labute approximate surface area is 240 Å². The van der Waals surface area contributed by atoms with Gasteiger partial charge in [0.25, 0.3) is 12.3 Å². The van der Waals surface area contributed by atoms with Gasteiger partial charge in [-0.3, -0.25) is 4.79 Å². The van der Waals surface area contributed by atoms with Crippen molar-refractivity contribution in [2.75, 3.05) is 44.4 Å². The molecule has 1 aliphatic heterocycles. The molecule has 0 radical (unpaired) electrons. The molecule has 1 aromatic heterocycles. The minimum absolute atomic E-state index is 0.119. The third-order valence-electron chi connectivity index (χ3n) is 7.28. The summed E-state index contributed by atoms with van der Waals surface area (Å²) in [5, 5.41) is 9.61. The van der Waals surface area contributed by atoms with E-state index in [0.29, 0.717) is 45.7 Å². The number of rotatable bonds is 9. The number of alkyl halides is 4. The van der Waals surface area contributed by atoms with Crippen molar-refractivity contribution in [1.82, 2.24) is 10.2 Å². The number of likely N-dealkylation sites (tertiary alicyclic amines) is 1. The van der Waals surface area contributed by atoms with E-state index in [1.165, 1.54) is 7.11 Å². The molecule has 0 spiro atoms. The quantitative estimate of drug-likeness (QED) is 0.212. The summed E-state index contributed by atoms with van der Waals surface area (Å²) in [6.07, 6.45) is -4.27. The van der Waals surface area contributed by atoms with Crippen LogP contribution in [0.2, 0.25) is 0 Å². The van der Waals surface area contributed by atoms with E-state index < -0.39 is 24.8 Å². The number of nitrogens with one attached hydrogen (secondary N) is 3. The van der Waals surface area contributed by atoms with Gasteiger partial charge in [0.2, 0.25) is 0 Å². The number of nitrogens with zero attached hydrogens (tertiary/aromatic N) is 1. The predicted molar refractivity (Wildman–Crippen MR) is 155 cm³/mol. The van der Waals surface area contributed by atoms with Crippen LogP contribution in [0, 0.1) is 11.8 Å². The highest BCUT2D eigenvalue weighted by Crippen LogP contribution is 2.42. The molecule has 2 heterocycles. The minimum Gasteiger partial charge on any atom is -0.495 e. The average molecular weight is 589 g/mol. The number of ether oxygens (including phenoxy) is 1. The van der Waals surface area contributed by atoms with Crippen LogP contribution in [0.3, 0.4) is 0 Å². The van der Waals surface area contributed by atoms with Crippen molar-refractivity contribution in [3.63, 3.8) is 0 Å². The van der Waals surface area contributed by atoms with Crippen molar-refractivity contribution in [2.45, 2.75) is 50.1 Å². The van der Waals surface area contributed by atoms with Gasteiger partial charge in [-0.2, -0.15) is 0 Å². The first-order valence-corrected chi connectivity index (χ1v) is 14.3. The molecular weight excluding hydrogens is 556 g/mol. The first-order chi connectivity index (χ1) is 19.7. The molecule has 5 rings (SSSR count). The molecule has 3 atom stereocenters. The molecule has 0 bridgehead atoms. The highest BCUT2D eigenvalue weighted by molar-refractivity contribution is 7.20. The summed E-state index contributed by atoms with van der Waals surface area (Å²) in [6, 6.07) is 9.82. The Kier molecular flexibility index (Phi) is 8.90. The number of hydrogen-bond acceptors (Lipinski definition) is 6. The topological polar surface area (TPSA) is 65.6 Å². The van der Waals surface area contributed by atoms with Gasteiger partial charge in [0.05, 0.1) is 40.6 Å². The molecule has 218 valence electrons. The lowest BCUT2D eigenvalue weighted by Gasteiger charge is -2.33. The van der Waals surface area contributed by atoms with Gasteiger partial charge in [-0.05, 0) is 50.6 Å². The summed E-state index contributed by atoms with van der Waals surface area (Å²) in [6.45, 7) is 1.15. The third-order valence-corrected chi connectivity index (χ3v) is 8.45. The molecule has 11 heteroatoms. The first-order valence-electron chi connectivity index (χ1n) is 13.5. The van der Waals surface area contributed by atoms with Gasteiger partial charge in [0.15, 0.2) is 6.17 Å². The van der Waals surface area contributed by atoms with E-state index in [0.717, 1.165) is 30.7 Å². The lowest BCUT2D eigenvalue weighted by Crippen LogP contribution is -2.46. The van der Waals surface area contributed by atoms with Gasteiger partial charge in [0.1, 0.15) is 11.9 Å². The number of carbonyl (C=O) groups excluding carboxylic acids is 1. The number of piperidine rings is 1. The highest BCUT2D eigenvalue weighted by atomic mass is 32.1. The number of anilines is 2. The van der Waals surface area contributed by atoms with E-state index in [2.05, 4.69) is 27.8 Å². The van der Waals surface area contributed by atoms with Crippen molar-refractivity contribution in [2.24, 2.45) is 0 Å². The van der Waals surface area contributed by atoms with Crippen LogP contribution in [0.25, 0.3) is 10.1 Å².